The number of piperidine rings is 1. The molecule has 2 aromatic rings. The number of likely N-dealkylation sites (tertiary alicyclic amines) is 2. The fourth-order valence-electron chi connectivity index (χ4n) is 4.19. The Labute approximate surface area is 144 Å². The van der Waals surface area contributed by atoms with Gasteiger partial charge in [-0.1, -0.05) is 24.6 Å². The van der Waals surface area contributed by atoms with Crippen LogP contribution in [0, 0.1) is 0 Å². The summed E-state index contributed by atoms with van der Waals surface area (Å²) in [5.41, 5.74) is 2.11. The van der Waals surface area contributed by atoms with E-state index in [1.54, 1.807) is 7.11 Å². The van der Waals surface area contributed by atoms with Gasteiger partial charge in [-0.05, 0) is 38.4 Å². The largest absolute Gasteiger partial charge is 0.494 e. The molecule has 0 saturated carbocycles. The molecule has 0 spiro atoms. The van der Waals surface area contributed by atoms with E-state index >= 15 is 0 Å². The molecule has 1 atom stereocenters. The highest BCUT2D eigenvalue weighted by Gasteiger charge is 2.35. The zero-order chi connectivity index (χ0) is 16.5. The van der Waals surface area contributed by atoms with Crippen molar-refractivity contribution in [2.45, 2.75) is 44.8 Å². The van der Waals surface area contributed by atoms with Crippen molar-refractivity contribution in [3.05, 3.63) is 36.0 Å². The number of nitrogens with zero attached hydrogens (tertiary/aromatic N) is 3. The molecule has 2 aliphatic rings. The third kappa shape index (κ3) is 3.01. The first-order valence-electron chi connectivity index (χ1n) is 9.15. The second-order valence-corrected chi connectivity index (χ2v) is 7.27. The number of fused-ring (bicyclic) bond motifs is 1. The minimum Gasteiger partial charge on any atom is -0.494 e. The van der Waals surface area contributed by atoms with Crippen LogP contribution in [0.2, 0.25) is 0 Å². The molecule has 1 aromatic carbocycles. The summed E-state index contributed by atoms with van der Waals surface area (Å²) in [5.74, 6) is 0.859. The van der Waals surface area contributed by atoms with E-state index in [-0.39, 0.29) is 0 Å². The molecule has 0 N–H and O–H groups in total. The Morgan fingerprint density at radius 1 is 1.17 bits per heavy atom. The molecular formula is C20H27N3O. The maximum Gasteiger partial charge on any atom is 0.145 e. The summed E-state index contributed by atoms with van der Waals surface area (Å²) in [6.45, 7) is 6.96. The Kier molecular flexibility index (Phi) is 4.42. The zero-order valence-electron chi connectivity index (χ0n) is 14.7. The first-order chi connectivity index (χ1) is 11.7. The van der Waals surface area contributed by atoms with E-state index in [1.165, 1.54) is 38.9 Å². The second kappa shape index (κ2) is 6.69. The Morgan fingerprint density at radius 3 is 2.83 bits per heavy atom. The zero-order valence-corrected chi connectivity index (χ0v) is 14.7. The van der Waals surface area contributed by atoms with Gasteiger partial charge in [-0.3, -0.25) is 9.80 Å². The summed E-state index contributed by atoms with van der Waals surface area (Å²) in [7, 11) is 1.71. The van der Waals surface area contributed by atoms with E-state index in [2.05, 4.69) is 34.9 Å². The van der Waals surface area contributed by atoms with E-state index in [1.807, 2.05) is 12.1 Å². The first kappa shape index (κ1) is 15.9. The predicted molar refractivity (Wildman–Crippen MR) is 97.4 cm³/mol. The van der Waals surface area contributed by atoms with Gasteiger partial charge in [0.2, 0.25) is 0 Å². The van der Waals surface area contributed by atoms with E-state index in [0.29, 0.717) is 0 Å². The molecular weight excluding hydrogens is 298 g/mol. The fourth-order valence-corrected chi connectivity index (χ4v) is 4.19. The summed E-state index contributed by atoms with van der Waals surface area (Å²) in [4.78, 5) is 10.1. The van der Waals surface area contributed by atoms with Crippen LogP contribution < -0.4 is 4.74 Å². The van der Waals surface area contributed by atoms with Crippen molar-refractivity contribution in [3.63, 3.8) is 0 Å². The highest BCUT2D eigenvalue weighted by molar-refractivity contribution is 5.84. The van der Waals surface area contributed by atoms with Crippen LogP contribution in [0.5, 0.6) is 5.75 Å². The van der Waals surface area contributed by atoms with Crippen LogP contribution in [0.15, 0.2) is 30.3 Å². The molecule has 0 bridgehead atoms. The van der Waals surface area contributed by atoms with Gasteiger partial charge < -0.3 is 4.74 Å². The minimum atomic E-state index is 0.746. The van der Waals surface area contributed by atoms with Crippen LogP contribution in [0.3, 0.4) is 0 Å². The topological polar surface area (TPSA) is 28.6 Å². The molecule has 128 valence electrons. The normalized spacial score (nSPS) is 23.3. The van der Waals surface area contributed by atoms with Crippen LogP contribution in [0.1, 0.15) is 31.9 Å². The van der Waals surface area contributed by atoms with Crippen molar-refractivity contribution in [3.8, 4) is 5.75 Å². The number of hydrogen-bond donors (Lipinski definition) is 0. The van der Waals surface area contributed by atoms with Gasteiger partial charge in [-0.2, -0.15) is 0 Å². The molecule has 4 rings (SSSR count). The van der Waals surface area contributed by atoms with E-state index < -0.39 is 0 Å². The molecule has 3 heterocycles. The van der Waals surface area contributed by atoms with Crippen LogP contribution in [-0.4, -0.2) is 53.6 Å². The maximum absolute atomic E-state index is 5.45. The highest BCUT2D eigenvalue weighted by atomic mass is 16.5. The second-order valence-electron chi connectivity index (χ2n) is 7.27. The number of rotatable bonds is 4. The van der Waals surface area contributed by atoms with Crippen LogP contribution in [0.4, 0.5) is 0 Å². The number of para-hydroxylation sites is 1. The monoisotopic (exact) mass is 325 g/mol. The van der Waals surface area contributed by atoms with Gasteiger partial charge in [0.25, 0.3) is 0 Å². The lowest BCUT2D eigenvalue weighted by Crippen LogP contribution is -2.61. The smallest absolute Gasteiger partial charge is 0.145 e. The molecule has 4 heteroatoms. The molecule has 0 unspecified atom stereocenters. The van der Waals surface area contributed by atoms with Crippen molar-refractivity contribution in [1.29, 1.82) is 0 Å². The number of aromatic nitrogens is 1. The Bertz CT molecular complexity index is 711. The maximum atomic E-state index is 5.45. The predicted octanol–water partition coefficient (Wildman–Crippen LogP) is 3.30. The van der Waals surface area contributed by atoms with Gasteiger partial charge in [0, 0.05) is 37.1 Å². The minimum absolute atomic E-state index is 0.746. The quantitative estimate of drug-likeness (QED) is 0.862. The average Bonchev–Trinajstić information content (AvgIpc) is 2.58. The van der Waals surface area contributed by atoms with Gasteiger partial charge >= 0.3 is 0 Å². The van der Waals surface area contributed by atoms with Crippen molar-refractivity contribution < 1.29 is 4.74 Å². The number of hydrogen-bond acceptors (Lipinski definition) is 4. The standard InChI is InChI=1S/C20H27N3O/c1-15-6-3-4-11-23(15)18-13-22(14-18)12-17-10-9-16-7-5-8-19(24-2)20(16)21-17/h5,7-10,15,18H,3-4,6,11-14H2,1-2H3/t15-/m1/s1. The molecule has 0 aliphatic carbocycles. The summed E-state index contributed by atoms with van der Waals surface area (Å²) in [5, 5.41) is 1.14. The molecule has 1 aromatic heterocycles. The van der Waals surface area contributed by atoms with Gasteiger partial charge in [0.15, 0.2) is 0 Å². The lowest BCUT2D eigenvalue weighted by molar-refractivity contribution is -0.00670. The molecule has 2 fully saturated rings. The number of pyridine rings is 1. The van der Waals surface area contributed by atoms with Gasteiger partial charge in [0.05, 0.1) is 12.8 Å². The van der Waals surface area contributed by atoms with Gasteiger partial charge in [-0.25, -0.2) is 4.98 Å². The SMILES string of the molecule is COc1cccc2ccc(CN3CC(N4CCCC[C@H]4C)C3)nc12. The number of benzene rings is 1. The fraction of sp³-hybridized carbons (Fsp3) is 0.550. The molecule has 4 nitrogen and oxygen atoms in total. The molecule has 24 heavy (non-hydrogen) atoms. The molecule has 2 aliphatic heterocycles. The van der Waals surface area contributed by atoms with Crippen molar-refractivity contribution in [2.24, 2.45) is 0 Å². The Balaban J connectivity index is 1.41. The van der Waals surface area contributed by atoms with Gasteiger partial charge in [-0.15, -0.1) is 0 Å². The van der Waals surface area contributed by atoms with E-state index in [9.17, 15) is 0 Å². The lowest BCUT2D eigenvalue weighted by atomic mass is 9.97. The van der Waals surface area contributed by atoms with Crippen LogP contribution >= 0.6 is 0 Å². The van der Waals surface area contributed by atoms with Crippen LogP contribution in [-0.2, 0) is 6.54 Å². The molecule has 2 saturated heterocycles. The third-order valence-corrected chi connectivity index (χ3v) is 5.61. The average molecular weight is 325 g/mol. The van der Waals surface area contributed by atoms with E-state index in [4.69, 9.17) is 9.72 Å². The summed E-state index contributed by atoms with van der Waals surface area (Å²) in [6.07, 6.45) is 4.13. The number of methoxy groups -OCH3 is 1. The first-order valence-corrected chi connectivity index (χ1v) is 9.15. The van der Waals surface area contributed by atoms with Crippen molar-refractivity contribution in [2.75, 3.05) is 26.7 Å². The Hall–Kier alpha value is -1.65. The number of ether oxygens (including phenoxy) is 1. The lowest BCUT2D eigenvalue weighted by Gasteiger charge is -2.49. The molecule has 0 radical (unpaired) electrons. The third-order valence-electron chi connectivity index (χ3n) is 5.61. The summed E-state index contributed by atoms with van der Waals surface area (Å²) < 4.78 is 5.45. The van der Waals surface area contributed by atoms with E-state index in [0.717, 1.165) is 41.0 Å². The molecule has 0 amide bonds. The van der Waals surface area contributed by atoms with Crippen molar-refractivity contribution in [1.82, 2.24) is 14.8 Å². The van der Waals surface area contributed by atoms with Crippen molar-refractivity contribution >= 4 is 10.9 Å². The Morgan fingerprint density at radius 2 is 2.04 bits per heavy atom. The highest BCUT2D eigenvalue weighted by Crippen LogP contribution is 2.27. The summed E-state index contributed by atoms with van der Waals surface area (Å²) >= 11 is 0. The summed E-state index contributed by atoms with van der Waals surface area (Å²) in [6, 6.07) is 11.9. The van der Waals surface area contributed by atoms with Crippen LogP contribution in [0.25, 0.3) is 10.9 Å². The van der Waals surface area contributed by atoms with Gasteiger partial charge in [0.1, 0.15) is 11.3 Å².